The van der Waals surface area contributed by atoms with Gasteiger partial charge in [-0.15, -0.1) is 0 Å². The second-order valence-corrected chi connectivity index (χ2v) is 5.71. The maximum atomic E-state index is 8.98. The normalized spacial score (nSPS) is 27.5. The highest BCUT2D eigenvalue weighted by Gasteiger charge is 2.41. The van der Waals surface area contributed by atoms with Gasteiger partial charge in [-0.3, -0.25) is 0 Å². The Morgan fingerprint density at radius 1 is 1.63 bits per heavy atom. The molecule has 0 aromatic carbocycles. The van der Waals surface area contributed by atoms with Gasteiger partial charge in [-0.2, -0.15) is 11.8 Å². The molecule has 0 bridgehead atoms. The number of rotatable bonds is 6. The zero-order valence-corrected chi connectivity index (χ0v) is 12.6. The van der Waals surface area contributed by atoms with Crippen molar-refractivity contribution in [2.75, 3.05) is 24.7 Å². The lowest BCUT2D eigenvalue weighted by atomic mass is 10.1. The Hall–Kier alpha value is -0.500. The van der Waals surface area contributed by atoms with Gasteiger partial charge in [0.25, 0.3) is 0 Å². The summed E-state index contributed by atoms with van der Waals surface area (Å²) in [6, 6.07) is 0. The third-order valence-corrected chi connectivity index (χ3v) is 4.20. The number of hydrogen-bond acceptors (Lipinski definition) is 5. The molecule has 0 aromatic rings. The molecular formula is C12H25NO5S. The van der Waals surface area contributed by atoms with Crippen molar-refractivity contribution < 1.29 is 24.5 Å². The first kappa shape index (κ1) is 18.5. The van der Waals surface area contributed by atoms with Gasteiger partial charge in [-0.25, -0.2) is 4.79 Å². The molecule has 0 aromatic heterocycles. The van der Waals surface area contributed by atoms with Gasteiger partial charge in [0, 0.05) is 11.7 Å². The Kier molecular flexibility index (Phi) is 9.16. The zero-order chi connectivity index (χ0) is 14.9. The van der Waals surface area contributed by atoms with Crippen molar-refractivity contribution in [3.8, 4) is 0 Å². The van der Waals surface area contributed by atoms with Crippen LogP contribution in [0.15, 0.2) is 0 Å². The average Bonchev–Trinajstić information content (AvgIpc) is 2.72. The topological polar surface area (TPSA) is 102 Å². The molecule has 7 heteroatoms. The summed E-state index contributed by atoms with van der Waals surface area (Å²) in [7, 11) is 0. The van der Waals surface area contributed by atoms with Gasteiger partial charge >= 0.3 is 6.09 Å². The van der Waals surface area contributed by atoms with Crippen LogP contribution in [0, 0.1) is 5.92 Å². The summed E-state index contributed by atoms with van der Waals surface area (Å²) < 4.78 is 11.3. The van der Waals surface area contributed by atoms with Crippen LogP contribution < -0.4 is 5.73 Å². The largest absolute Gasteiger partial charge is 0.465 e. The predicted molar refractivity (Wildman–Crippen MR) is 75.3 cm³/mol. The zero-order valence-electron chi connectivity index (χ0n) is 11.8. The molecule has 4 N–H and O–H groups in total. The van der Waals surface area contributed by atoms with Gasteiger partial charge in [0.2, 0.25) is 0 Å². The first-order valence-electron chi connectivity index (χ1n) is 6.34. The van der Waals surface area contributed by atoms with E-state index in [4.69, 9.17) is 24.5 Å². The van der Waals surface area contributed by atoms with Crippen LogP contribution >= 0.6 is 11.8 Å². The lowest BCUT2D eigenvalue weighted by Crippen LogP contribution is -2.36. The molecule has 0 saturated carbocycles. The second-order valence-electron chi connectivity index (χ2n) is 4.56. The number of nitrogens with two attached hydrogens (primary N) is 1. The van der Waals surface area contributed by atoms with Crippen molar-refractivity contribution in [1.82, 2.24) is 0 Å². The molecule has 3 atom stereocenters. The number of amides is 1. The molecule has 0 radical (unpaired) electrons. The predicted octanol–water partition coefficient (Wildman–Crippen LogP) is 1.51. The minimum Gasteiger partial charge on any atom is -0.465 e. The maximum absolute atomic E-state index is 8.98. The minimum atomic E-state index is -1.33. The van der Waals surface area contributed by atoms with Crippen LogP contribution in [0.5, 0.6) is 0 Å². The van der Waals surface area contributed by atoms with Gasteiger partial charge in [-0.1, -0.05) is 13.8 Å². The van der Waals surface area contributed by atoms with E-state index in [1.54, 1.807) is 0 Å². The molecule has 0 spiro atoms. The van der Waals surface area contributed by atoms with Crippen LogP contribution in [0.3, 0.4) is 0 Å². The second kappa shape index (κ2) is 9.41. The molecule has 1 amide bonds. The van der Waals surface area contributed by atoms with Crippen molar-refractivity contribution >= 4 is 17.9 Å². The van der Waals surface area contributed by atoms with E-state index in [9.17, 15) is 0 Å². The number of thioether (sulfide) groups is 1. The lowest BCUT2D eigenvalue weighted by Gasteiger charge is -2.29. The van der Waals surface area contributed by atoms with Crippen LogP contribution in [0.4, 0.5) is 4.79 Å². The summed E-state index contributed by atoms with van der Waals surface area (Å²) in [6.45, 7) is 6.85. The van der Waals surface area contributed by atoms with Gasteiger partial charge in [0.05, 0.1) is 13.2 Å². The van der Waals surface area contributed by atoms with E-state index >= 15 is 0 Å². The lowest BCUT2D eigenvalue weighted by molar-refractivity contribution is -0.185. The van der Waals surface area contributed by atoms with Crippen LogP contribution in [0.25, 0.3) is 0 Å². The van der Waals surface area contributed by atoms with Crippen molar-refractivity contribution in [3.05, 3.63) is 0 Å². The number of carboxylic acid groups (broad SMARTS) is 1. The van der Waals surface area contributed by atoms with Crippen molar-refractivity contribution in [2.24, 2.45) is 11.7 Å². The number of aliphatic hydroxyl groups excluding tert-OH is 1. The molecule has 114 valence electrons. The molecule has 1 aliphatic rings. The van der Waals surface area contributed by atoms with E-state index in [2.05, 4.69) is 19.6 Å². The van der Waals surface area contributed by atoms with Crippen molar-refractivity contribution in [3.63, 3.8) is 0 Å². The molecular weight excluding hydrogens is 270 g/mol. The number of aliphatic hydroxyl groups is 1. The molecule has 1 aliphatic heterocycles. The van der Waals surface area contributed by atoms with Gasteiger partial charge < -0.3 is 25.4 Å². The summed E-state index contributed by atoms with van der Waals surface area (Å²) in [5.74, 6) is 2.08. The minimum absolute atomic E-state index is 0.0460. The first-order valence-corrected chi connectivity index (χ1v) is 7.50. The highest BCUT2D eigenvalue weighted by molar-refractivity contribution is 7.99. The summed E-state index contributed by atoms with van der Waals surface area (Å²) in [6.07, 6.45) is -0.275. The first-order chi connectivity index (χ1) is 8.85. The Balaban J connectivity index is 0.000000711. The number of primary amides is 1. The quantitative estimate of drug-likeness (QED) is 0.642. The Morgan fingerprint density at radius 3 is 2.63 bits per heavy atom. The Bertz CT molecular complexity index is 263. The number of ether oxygens (including phenoxy) is 2. The summed E-state index contributed by atoms with van der Waals surface area (Å²) in [5.41, 5.74) is 4.03. The summed E-state index contributed by atoms with van der Waals surface area (Å²) in [5, 5.41) is 16.2. The molecule has 1 fully saturated rings. The summed E-state index contributed by atoms with van der Waals surface area (Å²) >= 11 is 1.93. The highest BCUT2D eigenvalue weighted by atomic mass is 32.2. The van der Waals surface area contributed by atoms with E-state index in [0.29, 0.717) is 12.5 Å². The molecule has 3 unspecified atom stereocenters. The van der Waals surface area contributed by atoms with Gasteiger partial charge in [-0.05, 0) is 19.1 Å². The molecule has 1 heterocycles. The molecule has 6 nitrogen and oxygen atoms in total. The van der Waals surface area contributed by atoms with E-state index in [0.717, 1.165) is 5.75 Å². The smallest absolute Gasteiger partial charge is 0.402 e. The van der Waals surface area contributed by atoms with Crippen molar-refractivity contribution in [2.45, 2.75) is 39.1 Å². The third-order valence-electron chi connectivity index (χ3n) is 2.77. The van der Waals surface area contributed by atoms with Crippen LogP contribution in [0.2, 0.25) is 0 Å². The number of carbonyl (C=O) groups is 1. The van der Waals surface area contributed by atoms with Crippen molar-refractivity contribution in [1.29, 1.82) is 0 Å². The Labute approximate surface area is 118 Å². The van der Waals surface area contributed by atoms with E-state index in [-0.39, 0.29) is 12.7 Å². The van der Waals surface area contributed by atoms with E-state index < -0.39 is 11.9 Å². The van der Waals surface area contributed by atoms with Gasteiger partial charge in [0.15, 0.2) is 5.79 Å². The maximum Gasteiger partial charge on any atom is 0.402 e. The molecule has 19 heavy (non-hydrogen) atoms. The number of hydrogen-bond donors (Lipinski definition) is 3. The van der Waals surface area contributed by atoms with Crippen LogP contribution in [-0.4, -0.2) is 52.9 Å². The van der Waals surface area contributed by atoms with Crippen LogP contribution in [-0.2, 0) is 9.47 Å². The fourth-order valence-corrected chi connectivity index (χ4v) is 2.67. The fourth-order valence-electron chi connectivity index (χ4n) is 1.56. The fraction of sp³-hybridized carbons (Fsp3) is 0.917. The molecule has 0 aliphatic carbocycles. The SMILES string of the molecule is CCCSCC(C)C1(C)OCC(CO)O1.NC(=O)O. The monoisotopic (exact) mass is 295 g/mol. The van der Waals surface area contributed by atoms with E-state index in [1.807, 2.05) is 18.7 Å². The average molecular weight is 295 g/mol. The third kappa shape index (κ3) is 7.61. The highest BCUT2D eigenvalue weighted by Crippen LogP contribution is 2.32. The van der Waals surface area contributed by atoms with E-state index in [1.165, 1.54) is 12.2 Å². The van der Waals surface area contributed by atoms with Gasteiger partial charge in [0.1, 0.15) is 6.10 Å². The molecule has 1 rings (SSSR count). The standard InChI is InChI=1S/C11H22O3S.CH3NO2/c1-4-5-15-8-9(2)11(3)13-7-10(6-12)14-11;2-1(3)4/h9-10,12H,4-8H2,1-3H3;2H2,(H,3,4). The summed E-state index contributed by atoms with van der Waals surface area (Å²) in [4.78, 5) is 8.78. The molecule has 1 saturated heterocycles. The Morgan fingerprint density at radius 2 is 2.21 bits per heavy atom. The van der Waals surface area contributed by atoms with Crippen LogP contribution in [0.1, 0.15) is 27.2 Å².